The largest absolute Gasteiger partial charge is 0.335 e. The molecule has 138 valence electrons. The summed E-state index contributed by atoms with van der Waals surface area (Å²) in [4.78, 5) is 22.3. The van der Waals surface area contributed by atoms with E-state index in [2.05, 4.69) is 33.6 Å². The summed E-state index contributed by atoms with van der Waals surface area (Å²) in [5.41, 5.74) is 2.89. The summed E-state index contributed by atoms with van der Waals surface area (Å²) in [5, 5.41) is 0. The molecule has 0 unspecified atom stereocenters. The van der Waals surface area contributed by atoms with Crippen molar-refractivity contribution in [3.05, 3.63) is 71.8 Å². The number of benzene rings is 1. The van der Waals surface area contributed by atoms with E-state index in [-0.39, 0.29) is 5.91 Å². The van der Waals surface area contributed by atoms with E-state index in [4.69, 9.17) is 4.98 Å². The van der Waals surface area contributed by atoms with E-state index in [1.165, 1.54) is 18.4 Å². The predicted octanol–water partition coefficient (Wildman–Crippen LogP) is 3.17. The highest BCUT2D eigenvalue weighted by atomic mass is 16.2. The first kappa shape index (κ1) is 16.5. The number of piperazine rings is 1. The van der Waals surface area contributed by atoms with Crippen LogP contribution in [-0.2, 0) is 6.54 Å². The van der Waals surface area contributed by atoms with Crippen LogP contribution in [0.1, 0.15) is 40.6 Å². The Kier molecular flexibility index (Phi) is 4.17. The first-order chi connectivity index (χ1) is 13.3. The van der Waals surface area contributed by atoms with Gasteiger partial charge >= 0.3 is 0 Å². The molecule has 3 aromatic rings. The van der Waals surface area contributed by atoms with E-state index >= 15 is 0 Å². The molecule has 2 aliphatic rings. The third kappa shape index (κ3) is 3.23. The van der Waals surface area contributed by atoms with Crippen molar-refractivity contribution in [2.24, 2.45) is 0 Å². The predicted molar refractivity (Wildman–Crippen MR) is 105 cm³/mol. The molecule has 1 saturated carbocycles. The van der Waals surface area contributed by atoms with Gasteiger partial charge in [-0.05, 0) is 30.5 Å². The zero-order valence-electron chi connectivity index (χ0n) is 15.4. The molecule has 1 aromatic carbocycles. The van der Waals surface area contributed by atoms with E-state index in [1.807, 2.05) is 35.4 Å². The average Bonchev–Trinajstić information content (AvgIpc) is 3.49. The Morgan fingerprint density at radius 3 is 2.44 bits per heavy atom. The fourth-order valence-electron chi connectivity index (χ4n) is 3.95. The van der Waals surface area contributed by atoms with Gasteiger partial charge < -0.3 is 9.30 Å². The van der Waals surface area contributed by atoms with E-state index in [9.17, 15) is 4.79 Å². The van der Waals surface area contributed by atoms with Crippen molar-refractivity contribution < 1.29 is 4.79 Å². The number of amides is 1. The standard InChI is InChI=1S/C22H24N4O/c27-22(20-19-8-4-5-11-26(19)21(23-20)18-9-10-18)25-14-12-24(13-15-25)16-17-6-2-1-3-7-17/h1-8,11,18H,9-10,12-16H2. The maximum atomic E-state index is 13.2. The van der Waals surface area contributed by atoms with Crippen LogP contribution in [0.5, 0.6) is 0 Å². The van der Waals surface area contributed by atoms with Crippen LogP contribution in [0.3, 0.4) is 0 Å². The minimum absolute atomic E-state index is 0.0740. The Hall–Kier alpha value is -2.66. The second-order valence-electron chi connectivity index (χ2n) is 7.60. The van der Waals surface area contributed by atoms with Gasteiger partial charge in [0.2, 0.25) is 0 Å². The first-order valence-electron chi connectivity index (χ1n) is 9.82. The van der Waals surface area contributed by atoms with Crippen molar-refractivity contribution in [3.8, 4) is 0 Å². The maximum absolute atomic E-state index is 13.2. The SMILES string of the molecule is O=C(c1nc(C2CC2)n2ccccc12)N1CCN(Cc2ccccc2)CC1. The molecular weight excluding hydrogens is 336 g/mol. The van der Waals surface area contributed by atoms with Crippen molar-refractivity contribution in [2.45, 2.75) is 25.3 Å². The fraction of sp³-hybridized carbons (Fsp3) is 0.364. The number of imidazole rings is 1. The van der Waals surface area contributed by atoms with Crippen molar-refractivity contribution in [1.82, 2.24) is 19.2 Å². The zero-order valence-corrected chi connectivity index (χ0v) is 15.4. The number of carbonyl (C=O) groups excluding carboxylic acids is 1. The Morgan fingerprint density at radius 1 is 0.963 bits per heavy atom. The molecule has 3 heterocycles. The number of fused-ring (bicyclic) bond motifs is 1. The molecule has 0 N–H and O–H groups in total. The van der Waals surface area contributed by atoms with Gasteiger partial charge in [-0.15, -0.1) is 0 Å². The van der Waals surface area contributed by atoms with Gasteiger partial charge in [-0.2, -0.15) is 0 Å². The highest BCUT2D eigenvalue weighted by molar-refractivity contribution is 5.99. The number of hydrogen-bond donors (Lipinski definition) is 0. The summed E-state index contributed by atoms with van der Waals surface area (Å²) in [6.07, 6.45) is 4.39. The van der Waals surface area contributed by atoms with E-state index < -0.39 is 0 Å². The molecule has 2 fully saturated rings. The molecule has 1 aliphatic heterocycles. The maximum Gasteiger partial charge on any atom is 0.274 e. The number of pyridine rings is 1. The molecule has 5 heteroatoms. The molecule has 1 saturated heterocycles. The average molecular weight is 360 g/mol. The van der Waals surface area contributed by atoms with Crippen LogP contribution in [0.15, 0.2) is 54.7 Å². The van der Waals surface area contributed by atoms with Crippen LogP contribution in [-0.4, -0.2) is 51.3 Å². The molecule has 0 atom stereocenters. The molecule has 0 radical (unpaired) electrons. The second kappa shape index (κ2) is 6.82. The van der Waals surface area contributed by atoms with Gasteiger partial charge in [0.25, 0.3) is 5.91 Å². The lowest BCUT2D eigenvalue weighted by atomic mass is 10.2. The van der Waals surface area contributed by atoms with Crippen LogP contribution >= 0.6 is 0 Å². The van der Waals surface area contributed by atoms with Crippen molar-refractivity contribution in [2.75, 3.05) is 26.2 Å². The van der Waals surface area contributed by atoms with Gasteiger partial charge in [-0.3, -0.25) is 9.69 Å². The van der Waals surface area contributed by atoms with Gasteiger partial charge in [0.05, 0.1) is 5.52 Å². The van der Waals surface area contributed by atoms with E-state index in [1.54, 1.807) is 0 Å². The third-order valence-electron chi connectivity index (χ3n) is 5.63. The van der Waals surface area contributed by atoms with Crippen LogP contribution in [0.4, 0.5) is 0 Å². The van der Waals surface area contributed by atoms with Crippen molar-refractivity contribution >= 4 is 11.4 Å². The summed E-state index contributed by atoms with van der Waals surface area (Å²) < 4.78 is 2.11. The lowest BCUT2D eigenvalue weighted by Gasteiger charge is -2.34. The molecule has 5 nitrogen and oxygen atoms in total. The van der Waals surface area contributed by atoms with Gasteiger partial charge in [-0.25, -0.2) is 4.98 Å². The van der Waals surface area contributed by atoms with Crippen molar-refractivity contribution in [3.63, 3.8) is 0 Å². The summed E-state index contributed by atoms with van der Waals surface area (Å²) in [7, 11) is 0. The smallest absolute Gasteiger partial charge is 0.274 e. The number of rotatable bonds is 4. The van der Waals surface area contributed by atoms with Crippen LogP contribution in [0.2, 0.25) is 0 Å². The zero-order chi connectivity index (χ0) is 18.2. The molecule has 27 heavy (non-hydrogen) atoms. The lowest BCUT2D eigenvalue weighted by Crippen LogP contribution is -2.48. The Labute approximate surface area is 159 Å². The van der Waals surface area contributed by atoms with Gasteiger partial charge in [0.1, 0.15) is 5.82 Å². The Balaban J connectivity index is 1.30. The third-order valence-corrected chi connectivity index (χ3v) is 5.63. The van der Waals surface area contributed by atoms with Crippen LogP contribution in [0, 0.1) is 0 Å². The van der Waals surface area contributed by atoms with E-state index in [0.29, 0.717) is 11.6 Å². The number of nitrogens with zero attached hydrogens (tertiary/aromatic N) is 4. The molecule has 0 bridgehead atoms. The summed E-state index contributed by atoms with van der Waals surface area (Å²) >= 11 is 0. The second-order valence-corrected chi connectivity index (χ2v) is 7.60. The number of hydrogen-bond acceptors (Lipinski definition) is 3. The molecule has 1 aliphatic carbocycles. The van der Waals surface area contributed by atoms with Gasteiger partial charge in [0.15, 0.2) is 5.69 Å². The van der Waals surface area contributed by atoms with Crippen LogP contribution in [0.25, 0.3) is 5.52 Å². The normalized spacial score (nSPS) is 18.1. The highest BCUT2D eigenvalue weighted by Crippen LogP contribution is 2.40. The topological polar surface area (TPSA) is 40.9 Å². The summed E-state index contributed by atoms with van der Waals surface area (Å²) in [5.74, 6) is 1.64. The fourth-order valence-corrected chi connectivity index (χ4v) is 3.95. The molecule has 2 aromatic heterocycles. The number of aromatic nitrogens is 2. The highest BCUT2D eigenvalue weighted by Gasteiger charge is 2.32. The monoisotopic (exact) mass is 360 g/mol. The minimum atomic E-state index is 0.0740. The summed E-state index contributed by atoms with van der Waals surface area (Å²) in [6, 6.07) is 16.5. The molecule has 1 amide bonds. The van der Waals surface area contributed by atoms with Gasteiger partial charge in [-0.1, -0.05) is 36.4 Å². The molecule has 0 spiro atoms. The van der Waals surface area contributed by atoms with Crippen molar-refractivity contribution in [1.29, 1.82) is 0 Å². The lowest BCUT2D eigenvalue weighted by molar-refractivity contribution is 0.0625. The first-order valence-corrected chi connectivity index (χ1v) is 9.82. The molecule has 5 rings (SSSR count). The van der Waals surface area contributed by atoms with Gasteiger partial charge in [0, 0.05) is 44.8 Å². The summed E-state index contributed by atoms with van der Waals surface area (Å²) in [6.45, 7) is 4.28. The van der Waals surface area contributed by atoms with Crippen LogP contribution < -0.4 is 0 Å². The van der Waals surface area contributed by atoms with E-state index in [0.717, 1.165) is 44.1 Å². The minimum Gasteiger partial charge on any atom is -0.335 e. The molecular formula is C22H24N4O. The quantitative estimate of drug-likeness (QED) is 0.718. The number of carbonyl (C=O) groups is 1. The Morgan fingerprint density at radius 2 is 1.70 bits per heavy atom. The Bertz CT molecular complexity index is 953.